The normalized spacial score (nSPS) is 11.4. The van der Waals surface area contributed by atoms with Crippen LogP contribution in [-0.4, -0.2) is 17.5 Å². The first-order chi connectivity index (χ1) is 12.0. The van der Waals surface area contributed by atoms with E-state index in [0.29, 0.717) is 11.3 Å². The lowest BCUT2D eigenvalue weighted by Gasteiger charge is -2.07. The summed E-state index contributed by atoms with van der Waals surface area (Å²) < 4.78 is 30.2. The number of fused-ring (bicyclic) bond motifs is 1. The first-order valence-electron chi connectivity index (χ1n) is 7.41. The fourth-order valence-corrected chi connectivity index (χ4v) is 3.15. The number of halogens is 2. The van der Waals surface area contributed by atoms with E-state index in [1.165, 1.54) is 18.2 Å². The number of aromatic nitrogens is 1. The van der Waals surface area contributed by atoms with E-state index in [0.717, 1.165) is 15.2 Å². The minimum Gasteiger partial charge on any atom is -0.434 e. The standard InChI is InChI=1S/C18H14F2N2O2S/c1-11-21-14-8-7-13(10-16(14)25-11)22-17(23)9-6-12-4-2-3-5-15(12)24-18(19)20/h2-10,18H,1H3,(H,22,23)/b9-6+. The number of nitrogens with one attached hydrogen (secondary N) is 1. The Balaban J connectivity index is 1.72. The number of carbonyl (C=O) groups excluding carboxylic acids is 1. The summed E-state index contributed by atoms with van der Waals surface area (Å²) in [6.45, 7) is -0.997. The quantitative estimate of drug-likeness (QED) is 0.661. The number of aryl methyl sites for hydroxylation is 1. The third-order valence-corrected chi connectivity index (χ3v) is 4.25. The van der Waals surface area contributed by atoms with Gasteiger partial charge in [0.25, 0.3) is 0 Å². The molecule has 0 bridgehead atoms. The van der Waals surface area contributed by atoms with Crippen molar-refractivity contribution in [2.75, 3.05) is 5.32 Å². The van der Waals surface area contributed by atoms with Gasteiger partial charge in [0.1, 0.15) is 5.75 Å². The lowest BCUT2D eigenvalue weighted by Crippen LogP contribution is -2.07. The summed E-state index contributed by atoms with van der Waals surface area (Å²) in [6.07, 6.45) is 2.71. The van der Waals surface area contributed by atoms with Gasteiger partial charge < -0.3 is 10.1 Å². The van der Waals surface area contributed by atoms with E-state index in [2.05, 4.69) is 15.0 Å². The summed E-state index contributed by atoms with van der Waals surface area (Å²) in [7, 11) is 0. The van der Waals surface area contributed by atoms with Crippen molar-refractivity contribution in [2.24, 2.45) is 0 Å². The Labute approximate surface area is 146 Å². The Morgan fingerprint density at radius 2 is 2.08 bits per heavy atom. The van der Waals surface area contributed by atoms with E-state index in [4.69, 9.17) is 0 Å². The van der Waals surface area contributed by atoms with Crippen LogP contribution in [0.25, 0.3) is 16.3 Å². The highest BCUT2D eigenvalue weighted by Gasteiger charge is 2.08. The number of hydrogen-bond donors (Lipinski definition) is 1. The zero-order valence-corrected chi connectivity index (χ0v) is 14.0. The number of alkyl halides is 2. The second-order valence-electron chi connectivity index (χ2n) is 5.15. The smallest absolute Gasteiger partial charge is 0.387 e. The number of para-hydroxylation sites is 1. The molecule has 0 aliphatic rings. The fraction of sp³-hybridized carbons (Fsp3) is 0.111. The van der Waals surface area contributed by atoms with Gasteiger partial charge in [-0.05, 0) is 37.3 Å². The number of hydrogen-bond acceptors (Lipinski definition) is 4. The number of nitrogens with zero attached hydrogens (tertiary/aromatic N) is 1. The van der Waals surface area contributed by atoms with Crippen molar-refractivity contribution in [3.8, 4) is 5.75 Å². The molecule has 0 saturated carbocycles. The summed E-state index contributed by atoms with van der Waals surface area (Å²) in [5.41, 5.74) is 1.92. The van der Waals surface area contributed by atoms with Crippen LogP contribution in [-0.2, 0) is 4.79 Å². The number of ether oxygens (including phenoxy) is 1. The molecule has 0 fully saturated rings. The van der Waals surface area contributed by atoms with Crippen LogP contribution in [0.15, 0.2) is 48.5 Å². The number of thiazole rings is 1. The molecule has 3 aromatic rings. The van der Waals surface area contributed by atoms with Crippen LogP contribution in [0, 0.1) is 6.92 Å². The summed E-state index contributed by atoms with van der Waals surface area (Å²) in [4.78, 5) is 16.4. The maximum atomic E-state index is 12.4. The molecule has 0 radical (unpaired) electrons. The van der Waals surface area contributed by atoms with E-state index >= 15 is 0 Å². The third kappa shape index (κ3) is 4.39. The van der Waals surface area contributed by atoms with Crippen molar-refractivity contribution in [1.82, 2.24) is 4.98 Å². The third-order valence-electron chi connectivity index (χ3n) is 3.31. The predicted octanol–water partition coefficient (Wildman–Crippen LogP) is 4.86. The highest BCUT2D eigenvalue weighted by molar-refractivity contribution is 7.18. The van der Waals surface area contributed by atoms with Crippen LogP contribution in [0.2, 0.25) is 0 Å². The van der Waals surface area contributed by atoms with Gasteiger partial charge in [0.05, 0.1) is 15.2 Å². The van der Waals surface area contributed by atoms with Gasteiger partial charge in [-0.3, -0.25) is 4.79 Å². The molecule has 128 valence electrons. The van der Waals surface area contributed by atoms with Crippen molar-refractivity contribution in [1.29, 1.82) is 0 Å². The second kappa shape index (κ2) is 7.40. The molecule has 1 amide bonds. The molecule has 1 aromatic heterocycles. The van der Waals surface area contributed by atoms with Crippen molar-refractivity contribution in [3.05, 3.63) is 59.1 Å². The molecule has 1 heterocycles. The Bertz CT molecular complexity index is 938. The largest absolute Gasteiger partial charge is 0.434 e. The van der Waals surface area contributed by atoms with Gasteiger partial charge in [-0.1, -0.05) is 18.2 Å². The average molecular weight is 360 g/mol. The molecule has 0 atom stereocenters. The fourth-order valence-electron chi connectivity index (χ4n) is 2.29. The first-order valence-corrected chi connectivity index (χ1v) is 8.23. The second-order valence-corrected chi connectivity index (χ2v) is 6.39. The van der Waals surface area contributed by atoms with Crippen molar-refractivity contribution < 1.29 is 18.3 Å². The van der Waals surface area contributed by atoms with Crippen LogP contribution in [0.4, 0.5) is 14.5 Å². The Morgan fingerprint density at radius 3 is 2.88 bits per heavy atom. The summed E-state index contributed by atoms with van der Waals surface area (Å²) >= 11 is 1.54. The van der Waals surface area contributed by atoms with Gasteiger partial charge in [-0.25, -0.2) is 4.98 Å². The van der Waals surface area contributed by atoms with Crippen LogP contribution in [0.5, 0.6) is 5.75 Å². The monoisotopic (exact) mass is 360 g/mol. The van der Waals surface area contributed by atoms with Crippen LogP contribution >= 0.6 is 11.3 Å². The lowest BCUT2D eigenvalue weighted by molar-refractivity contribution is -0.111. The molecule has 0 spiro atoms. The molecule has 0 unspecified atom stereocenters. The van der Waals surface area contributed by atoms with Crippen molar-refractivity contribution >= 4 is 39.2 Å². The van der Waals surface area contributed by atoms with E-state index in [1.807, 2.05) is 19.1 Å². The summed E-state index contributed by atoms with van der Waals surface area (Å²) in [6, 6.07) is 11.7. The molecule has 3 rings (SSSR count). The minimum atomic E-state index is -2.92. The molecular formula is C18H14F2N2O2S. The van der Waals surface area contributed by atoms with Crippen LogP contribution in [0.1, 0.15) is 10.6 Å². The van der Waals surface area contributed by atoms with Gasteiger partial charge in [0, 0.05) is 17.3 Å². The van der Waals surface area contributed by atoms with E-state index in [-0.39, 0.29) is 11.7 Å². The van der Waals surface area contributed by atoms with Gasteiger partial charge in [0.2, 0.25) is 5.91 Å². The minimum absolute atomic E-state index is 0.0168. The average Bonchev–Trinajstić information content (AvgIpc) is 2.93. The SMILES string of the molecule is Cc1nc2ccc(NC(=O)/C=C/c3ccccc3OC(F)F)cc2s1. The topological polar surface area (TPSA) is 51.2 Å². The highest BCUT2D eigenvalue weighted by Crippen LogP contribution is 2.25. The van der Waals surface area contributed by atoms with Crippen molar-refractivity contribution in [3.63, 3.8) is 0 Å². The number of anilines is 1. The molecular weight excluding hydrogens is 346 g/mol. The van der Waals surface area contributed by atoms with Crippen LogP contribution in [0.3, 0.4) is 0 Å². The molecule has 2 aromatic carbocycles. The molecule has 1 N–H and O–H groups in total. The maximum absolute atomic E-state index is 12.4. The number of carbonyl (C=O) groups is 1. The zero-order chi connectivity index (χ0) is 17.8. The molecule has 7 heteroatoms. The maximum Gasteiger partial charge on any atom is 0.387 e. The van der Waals surface area contributed by atoms with Gasteiger partial charge in [-0.2, -0.15) is 8.78 Å². The molecule has 0 saturated heterocycles. The summed E-state index contributed by atoms with van der Waals surface area (Å²) in [5, 5.41) is 3.69. The first kappa shape index (κ1) is 17.0. The molecule has 0 aliphatic heterocycles. The van der Waals surface area contributed by atoms with Crippen LogP contribution < -0.4 is 10.1 Å². The van der Waals surface area contributed by atoms with E-state index < -0.39 is 6.61 Å². The predicted molar refractivity (Wildman–Crippen MR) is 95.1 cm³/mol. The Hall–Kier alpha value is -2.80. The highest BCUT2D eigenvalue weighted by atomic mass is 32.1. The Morgan fingerprint density at radius 1 is 1.28 bits per heavy atom. The van der Waals surface area contributed by atoms with E-state index in [1.54, 1.807) is 35.6 Å². The Kier molecular flexibility index (Phi) is 5.04. The van der Waals surface area contributed by atoms with Gasteiger partial charge >= 0.3 is 6.61 Å². The zero-order valence-electron chi connectivity index (χ0n) is 13.2. The number of rotatable bonds is 5. The lowest BCUT2D eigenvalue weighted by atomic mass is 10.2. The molecule has 4 nitrogen and oxygen atoms in total. The molecule has 25 heavy (non-hydrogen) atoms. The number of amides is 1. The molecule has 0 aliphatic carbocycles. The number of benzene rings is 2. The van der Waals surface area contributed by atoms with Crippen molar-refractivity contribution in [2.45, 2.75) is 13.5 Å². The van der Waals surface area contributed by atoms with Gasteiger partial charge in [-0.15, -0.1) is 11.3 Å². The van der Waals surface area contributed by atoms with Gasteiger partial charge in [0.15, 0.2) is 0 Å². The van der Waals surface area contributed by atoms with E-state index in [9.17, 15) is 13.6 Å². The summed E-state index contributed by atoms with van der Waals surface area (Å²) in [5.74, 6) is -0.351.